The zero-order valence-electron chi connectivity index (χ0n) is 18.5. The van der Waals surface area contributed by atoms with Gasteiger partial charge in [0, 0.05) is 42.6 Å². The first-order valence-corrected chi connectivity index (χ1v) is 10.8. The van der Waals surface area contributed by atoms with Gasteiger partial charge in [-0.25, -0.2) is 4.79 Å². The van der Waals surface area contributed by atoms with Gasteiger partial charge < -0.3 is 24.3 Å². The molecular formula is C25H22ClN3O5. The number of carbonyl (C=O) groups excluding carboxylic acids is 2. The third-order valence-electron chi connectivity index (χ3n) is 5.63. The third kappa shape index (κ3) is 4.67. The smallest absolute Gasteiger partial charge is 0.340 e. The van der Waals surface area contributed by atoms with Crippen LogP contribution >= 0.6 is 11.6 Å². The molecule has 0 bridgehead atoms. The minimum Gasteiger partial charge on any atom is -0.508 e. The van der Waals surface area contributed by atoms with Gasteiger partial charge in [0.25, 0.3) is 11.8 Å². The van der Waals surface area contributed by atoms with E-state index in [-0.39, 0.29) is 24.0 Å². The molecule has 9 heteroatoms. The second-order valence-corrected chi connectivity index (χ2v) is 8.28. The molecule has 8 nitrogen and oxygen atoms in total. The van der Waals surface area contributed by atoms with Gasteiger partial charge in [0.1, 0.15) is 11.4 Å². The highest BCUT2D eigenvalue weighted by Gasteiger charge is 2.26. The summed E-state index contributed by atoms with van der Waals surface area (Å²) in [5.74, 6) is -1.63. The van der Waals surface area contributed by atoms with Crippen molar-refractivity contribution in [2.24, 2.45) is 7.05 Å². The number of amides is 2. The van der Waals surface area contributed by atoms with E-state index in [4.69, 9.17) is 16.0 Å². The number of nitrogens with one attached hydrogen (secondary N) is 1. The maximum absolute atomic E-state index is 13.5. The third-order valence-corrected chi connectivity index (χ3v) is 5.87. The van der Waals surface area contributed by atoms with Gasteiger partial charge >= 0.3 is 5.63 Å². The van der Waals surface area contributed by atoms with Gasteiger partial charge in [0.2, 0.25) is 0 Å². The summed E-state index contributed by atoms with van der Waals surface area (Å²) in [4.78, 5) is 39.1. The van der Waals surface area contributed by atoms with Crippen molar-refractivity contribution in [3.8, 4) is 5.75 Å². The van der Waals surface area contributed by atoms with Crippen LogP contribution in [0.25, 0.3) is 10.9 Å². The predicted octanol–water partition coefficient (Wildman–Crippen LogP) is 3.73. The Hall–Kier alpha value is -4.04. The topological polar surface area (TPSA) is 105 Å². The number of hydrogen-bond donors (Lipinski definition) is 2. The molecule has 2 heterocycles. The summed E-state index contributed by atoms with van der Waals surface area (Å²) in [6.07, 6.45) is 0. The molecule has 0 aliphatic rings. The first-order chi connectivity index (χ1) is 16.2. The summed E-state index contributed by atoms with van der Waals surface area (Å²) < 4.78 is 6.67. The number of halogens is 1. The second kappa shape index (κ2) is 9.44. The molecule has 1 unspecified atom stereocenters. The Bertz CT molecular complexity index is 1430. The SMILES string of the molecule is CN(C(=O)c1cc2cc(Cl)ccc2n1C)C(CNC(=O)c1cc(O)cc(=O)o1)c1ccccc1. The van der Waals surface area contributed by atoms with E-state index in [1.165, 1.54) is 0 Å². The van der Waals surface area contributed by atoms with Crippen molar-refractivity contribution in [3.63, 3.8) is 0 Å². The zero-order valence-corrected chi connectivity index (χ0v) is 19.2. The fourth-order valence-corrected chi connectivity index (χ4v) is 4.03. The van der Waals surface area contributed by atoms with Crippen molar-refractivity contribution in [1.29, 1.82) is 0 Å². The number of aryl methyl sites for hydroxylation is 1. The Morgan fingerprint density at radius 2 is 1.85 bits per heavy atom. The average molecular weight is 480 g/mol. The van der Waals surface area contributed by atoms with Crippen LogP contribution in [0.1, 0.15) is 32.6 Å². The van der Waals surface area contributed by atoms with Crippen LogP contribution in [0, 0.1) is 0 Å². The maximum Gasteiger partial charge on any atom is 0.340 e. The Kier molecular flexibility index (Phi) is 6.43. The quantitative estimate of drug-likeness (QED) is 0.438. The number of rotatable bonds is 6. The Morgan fingerprint density at radius 3 is 2.56 bits per heavy atom. The molecule has 4 aromatic rings. The van der Waals surface area contributed by atoms with Gasteiger partial charge in [-0.3, -0.25) is 9.59 Å². The largest absolute Gasteiger partial charge is 0.508 e. The summed E-state index contributed by atoms with van der Waals surface area (Å²) >= 11 is 6.11. The van der Waals surface area contributed by atoms with Crippen molar-refractivity contribution in [1.82, 2.24) is 14.8 Å². The summed E-state index contributed by atoms with van der Waals surface area (Å²) in [5.41, 5.74) is 1.29. The zero-order chi connectivity index (χ0) is 24.4. The van der Waals surface area contributed by atoms with E-state index in [2.05, 4.69) is 5.32 Å². The molecule has 2 aromatic heterocycles. The lowest BCUT2D eigenvalue weighted by Gasteiger charge is -2.29. The number of nitrogens with zero attached hydrogens (tertiary/aromatic N) is 2. The van der Waals surface area contributed by atoms with Gasteiger partial charge in [0.15, 0.2) is 5.76 Å². The van der Waals surface area contributed by atoms with Crippen LogP contribution < -0.4 is 10.9 Å². The predicted molar refractivity (Wildman–Crippen MR) is 128 cm³/mol. The highest BCUT2D eigenvalue weighted by Crippen LogP contribution is 2.26. The van der Waals surface area contributed by atoms with Gasteiger partial charge in [0.05, 0.1) is 12.1 Å². The maximum atomic E-state index is 13.5. The minimum atomic E-state index is -0.840. The average Bonchev–Trinajstić information content (AvgIpc) is 3.13. The molecule has 2 aromatic carbocycles. The molecule has 174 valence electrons. The molecular weight excluding hydrogens is 458 g/mol. The standard InChI is InChI=1S/C25H22ClN3O5/c1-28-19-9-8-17(26)10-16(19)11-20(28)25(33)29(2)21(15-6-4-3-5-7-15)14-27-24(32)22-12-18(30)13-23(31)34-22/h3-13,21,30H,14H2,1-2H3,(H,27,32). The molecule has 0 saturated heterocycles. The summed E-state index contributed by atoms with van der Waals surface area (Å²) in [6, 6.07) is 17.9. The molecule has 2 amide bonds. The van der Waals surface area contributed by atoms with E-state index in [0.29, 0.717) is 10.7 Å². The fraction of sp³-hybridized carbons (Fsp3) is 0.160. The number of aromatic hydroxyl groups is 1. The highest BCUT2D eigenvalue weighted by molar-refractivity contribution is 6.31. The number of likely N-dealkylation sites (N-methyl/N-ethyl adjacent to an activating group) is 1. The van der Waals surface area contributed by atoms with Crippen LogP contribution in [0.15, 0.2) is 75.9 Å². The molecule has 0 spiro atoms. The Labute approximate surface area is 200 Å². The summed E-state index contributed by atoms with van der Waals surface area (Å²) in [6.45, 7) is 0.0419. The van der Waals surface area contributed by atoms with Gasteiger partial charge in [-0.05, 0) is 29.8 Å². The van der Waals surface area contributed by atoms with Gasteiger partial charge in [-0.15, -0.1) is 0 Å². The monoisotopic (exact) mass is 479 g/mol. The van der Waals surface area contributed by atoms with Gasteiger partial charge in [-0.2, -0.15) is 0 Å². The van der Waals surface area contributed by atoms with E-state index in [1.807, 2.05) is 36.4 Å². The minimum absolute atomic E-state index is 0.0419. The van der Waals surface area contributed by atoms with Crippen molar-refractivity contribution >= 4 is 34.3 Å². The molecule has 34 heavy (non-hydrogen) atoms. The van der Waals surface area contributed by atoms with Crippen molar-refractivity contribution in [2.75, 3.05) is 13.6 Å². The van der Waals surface area contributed by atoms with E-state index >= 15 is 0 Å². The molecule has 4 rings (SSSR count). The first-order valence-electron chi connectivity index (χ1n) is 10.4. The number of fused-ring (bicyclic) bond motifs is 1. The molecule has 0 aliphatic carbocycles. The number of aromatic nitrogens is 1. The van der Waals surface area contributed by atoms with E-state index in [0.717, 1.165) is 28.6 Å². The summed E-state index contributed by atoms with van der Waals surface area (Å²) in [7, 11) is 3.46. The number of carbonyl (C=O) groups is 2. The lowest BCUT2D eigenvalue weighted by atomic mass is 10.0. The van der Waals surface area contributed by atoms with Crippen LogP contribution in [-0.4, -0.2) is 40.0 Å². The lowest BCUT2D eigenvalue weighted by molar-refractivity contribution is 0.0706. The Balaban J connectivity index is 1.62. The van der Waals surface area contributed by atoms with E-state index in [9.17, 15) is 19.5 Å². The summed E-state index contributed by atoms with van der Waals surface area (Å²) in [5, 5.41) is 13.7. The van der Waals surface area contributed by atoms with Crippen LogP contribution in [0.4, 0.5) is 0 Å². The molecule has 0 saturated carbocycles. The van der Waals surface area contributed by atoms with Crippen LogP contribution in [0.2, 0.25) is 5.02 Å². The van der Waals surface area contributed by atoms with Crippen LogP contribution in [0.3, 0.4) is 0 Å². The van der Waals surface area contributed by atoms with Crippen LogP contribution in [-0.2, 0) is 7.05 Å². The van der Waals surface area contributed by atoms with E-state index in [1.54, 1.807) is 41.8 Å². The number of hydrogen-bond acceptors (Lipinski definition) is 5. The Morgan fingerprint density at radius 1 is 1.12 bits per heavy atom. The fourth-order valence-electron chi connectivity index (χ4n) is 3.85. The molecule has 1 atom stereocenters. The molecule has 0 radical (unpaired) electrons. The first kappa shape index (κ1) is 23.1. The lowest BCUT2D eigenvalue weighted by Crippen LogP contribution is -2.39. The molecule has 2 N–H and O–H groups in total. The van der Waals surface area contributed by atoms with Crippen molar-refractivity contribution in [3.05, 3.63) is 99.2 Å². The molecule has 0 aliphatic heterocycles. The van der Waals surface area contributed by atoms with Gasteiger partial charge in [-0.1, -0.05) is 41.9 Å². The van der Waals surface area contributed by atoms with Crippen LogP contribution in [0.5, 0.6) is 5.75 Å². The highest BCUT2D eigenvalue weighted by atomic mass is 35.5. The van der Waals surface area contributed by atoms with Crippen molar-refractivity contribution in [2.45, 2.75) is 6.04 Å². The second-order valence-electron chi connectivity index (χ2n) is 7.84. The van der Waals surface area contributed by atoms with E-state index < -0.39 is 17.6 Å². The number of benzene rings is 2. The molecule has 0 fully saturated rings. The normalized spacial score (nSPS) is 11.9. The van der Waals surface area contributed by atoms with Crippen molar-refractivity contribution < 1.29 is 19.1 Å².